The highest BCUT2D eigenvalue weighted by atomic mass is 79.9. The maximum atomic E-state index is 12.3. The van der Waals surface area contributed by atoms with E-state index in [-0.39, 0.29) is 17.2 Å². The molecule has 0 spiro atoms. The van der Waals surface area contributed by atoms with Crippen molar-refractivity contribution in [3.05, 3.63) is 54.8 Å². The summed E-state index contributed by atoms with van der Waals surface area (Å²) in [5.41, 5.74) is 0.816. The third-order valence-electron chi connectivity index (χ3n) is 3.52. The van der Waals surface area contributed by atoms with Crippen molar-refractivity contribution in [3.63, 3.8) is 0 Å². The number of amides is 1. The third-order valence-corrected chi connectivity index (χ3v) is 5.85. The Morgan fingerprint density at radius 3 is 2.85 bits per heavy atom. The fraction of sp³-hybridized carbons (Fsp3) is 0.118. The summed E-state index contributed by atoms with van der Waals surface area (Å²) >= 11 is 14.0. The number of rotatable bonds is 4. The first-order valence-corrected chi connectivity index (χ1v) is 10.2. The molecule has 1 unspecified atom stereocenters. The Hall–Kier alpha value is -1.35. The lowest BCUT2D eigenvalue weighted by Gasteiger charge is -2.15. The zero-order valence-electron chi connectivity index (χ0n) is 13.3. The molecule has 0 aromatic heterocycles. The van der Waals surface area contributed by atoms with Gasteiger partial charge in [0.1, 0.15) is 11.5 Å². The molecule has 1 saturated heterocycles. The number of hydrogen-bond acceptors (Lipinski definition) is 5. The highest BCUT2D eigenvalue weighted by Crippen LogP contribution is 2.37. The van der Waals surface area contributed by atoms with E-state index in [2.05, 4.69) is 42.5 Å². The number of phenols is 1. The summed E-state index contributed by atoms with van der Waals surface area (Å²) in [4.78, 5) is 12.8. The van der Waals surface area contributed by atoms with Gasteiger partial charge >= 0.3 is 0 Å². The Morgan fingerprint density at radius 2 is 2.12 bits per heavy atom. The van der Waals surface area contributed by atoms with Crippen LogP contribution in [0.3, 0.4) is 0 Å². The first-order valence-electron chi connectivity index (χ1n) is 7.34. The van der Waals surface area contributed by atoms with E-state index in [0.29, 0.717) is 31.4 Å². The lowest BCUT2D eigenvalue weighted by Crippen LogP contribution is -2.31. The fourth-order valence-electron chi connectivity index (χ4n) is 2.34. The van der Waals surface area contributed by atoms with E-state index in [9.17, 15) is 9.90 Å². The largest absolute Gasteiger partial charge is 0.506 e. The summed E-state index contributed by atoms with van der Waals surface area (Å²) in [5.74, 6) is 0.459. The Balaban J connectivity index is 1.83. The monoisotopic (exact) mass is 518 g/mol. The number of thioether (sulfide) groups is 1. The van der Waals surface area contributed by atoms with Crippen LogP contribution in [0.25, 0.3) is 6.08 Å². The van der Waals surface area contributed by atoms with Crippen molar-refractivity contribution in [1.82, 2.24) is 5.32 Å². The first kappa shape index (κ1) is 19.4. The van der Waals surface area contributed by atoms with Gasteiger partial charge < -0.3 is 20.5 Å². The summed E-state index contributed by atoms with van der Waals surface area (Å²) in [7, 11) is 1.56. The lowest BCUT2D eigenvalue weighted by atomic mass is 10.2. The summed E-state index contributed by atoms with van der Waals surface area (Å²) in [6.07, 6.45) is 1.64. The number of phenolic OH excluding ortho intramolecular Hbond substituents is 1. The van der Waals surface area contributed by atoms with E-state index >= 15 is 0 Å². The van der Waals surface area contributed by atoms with Crippen LogP contribution in [-0.2, 0) is 4.79 Å². The van der Waals surface area contributed by atoms with Gasteiger partial charge in [-0.2, -0.15) is 0 Å². The topological polar surface area (TPSA) is 70.6 Å². The van der Waals surface area contributed by atoms with Crippen molar-refractivity contribution in [3.8, 4) is 11.5 Å². The third kappa shape index (κ3) is 4.31. The summed E-state index contributed by atoms with van der Waals surface area (Å²) < 4.78 is 6.63. The molecule has 3 N–H and O–H groups in total. The van der Waals surface area contributed by atoms with Crippen molar-refractivity contribution < 1.29 is 14.6 Å². The molecule has 9 heteroatoms. The van der Waals surface area contributed by atoms with E-state index in [0.717, 1.165) is 4.47 Å². The minimum Gasteiger partial charge on any atom is -0.506 e. The van der Waals surface area contributed by atoms with Crippen molar-refractivity contribution in [2.75, 3.05) is 12.4 Å². The maximum Gasteiger partial charge on any atom is 0.260 e. The molecule has 136 valence electrons. The highest BCUT2D eigenvalue weighted by Gasteiger charge is 2.28. The van der Waals surface area contributed by atoms with Gasteiger partial charge in [-0.25, -0.2) is 0 Å². The average molecular weight is 521 g/mol. The molecule has 1 heterocycles. The van der Waals surface area contributed by atoms with Crippen LogP contribution in [0, 0.1) is 0 Å². The minimum atomic E-state index is -0.390. The first-order chi connectivity index (χ1) is 12.4. The standard InChI is InChI=1S/C17H13Br2ClN2O3S/c1-25-13-3-2-10(20)7-12(13)21-17-22-16(24)14(26-17)5-8-4-9(18)6-11(19)15(8)23/h2-7,17,21,23H,1H3,(H,22,24)/b14-5-. The summed E-state index contributed by atoms with van der Waals surface area (Å²) in [6.45, 7) is 0. The molecule has 2 aromatic rings. The van der Waals surface area contributed by atoms with E-state index < -0.39 is 0 Å². The van der Waals surface area contributed by atoms with Crippen molar-refractivity contribution in [2.45, 2.75) is 5.50 Å². The molecule has 2 aromatic carbocycles. The molecule has 5 nitrogen and oxygen atoms in total. The molecule has 1 atom stereocenters. The van der Waals surface area contributed by atoms with E-state index in [1.54, 1.807) is 43.5 Å². The van der Waals surface area contributed by atoms with Gasteiger partial charge in [0.15, 0.2) is 5.50 Å². The van der Waals surface area contributed by atoms with Crippen molar-refractivity contribution in [2.24, 2.45) is 0 Å². The van der Waals surface area contributed by atoms with Crippen LogP contribution in [0.1, 0.15) is 5.56 Å². The molecule has 0 radical (unpaired) electrons. The molecule has 1 aliphatic rings. The van der Waals surface area contributed by atoms with E-state index in [1.165, 1.54) is 11.8 Å². The highest BCUT2D eigenvalue weighted by molar-refractivity contribution is 9.11. The van der Waals surface area contributed by atoms with Crippen molar-refractivity contribution in [1.29, 1.82) is 0 Å². The minimum absolute atomic E-state index is 0.0713. The average Bonchev–Trinajstić information content (AvgIpc) is 2.91. The number of anilines is 1. The number of halogens is 3. The van der Waals surface area contributed by atoms with Crippen LogP contribution in [0.15, 0.2) is 44.2 Å². The van der Waals surface area contributed by atoms with Crippen LogP contribution in [0.5, 0.6) is 11.5 Å². The van der Waals surface area contributed by atoms with E-state index in [1.807, 2.05) is 0 Å². The van der Waals surface area contributed by atoms with E-state index in [4.69, 9.17) is 16.3 Å². The Labute approximate surface area is 176 Å². The second-order valence-corrected chi connectivity index (χ2v) is 8.65. The number of hydrogen-bond donors (Lipinski definition) is 3. The summed E-state index contributed by atoms with van der Waals surface area (Å²) in [6, 6.07) is 8.67. The summed E-state index contributed by atoms with van der Waals surface area (Å²) in [5, 5.41) is 16.7. The number of methoxy groups -OCH3 is 1. The molecule has 3 rings (SSSR count). The molecule has 0 bridgehead atoms. The zero-order valence-corrected chi connectivity index (χ0v) is 18.1. The van der Waals surface area contributed by atoms with Gasteiger partial charge in [0, 0.05) is 15.1 Å². The number of aromatic hydroxyl groups is 1. The van der Waals surface area contributed by atoms with Crippen LogP contribution in [0.2, 0.25) is 5.02 Å². The smallest absolute Gasteiger partial charge is 0.260 e. The number of ether oxygens (including phenoxy) is 1. The molecule has 1 amide bonds. The van der Waals surface area contributed by atoms with Gasteiger partial charge in [-0.3, -0.25) is 4.79 Å². The number of carbonyl (C=O) groups excluding carboxylic acids is 1. The number of benzene rings is 2. The van der Waals surface area contributed by atoms with Gasteiger partial charge in [-0.1, -0.05) is 39.3 Å². The van der Waals surface area contributed by atoms with Gasteiger partial charge in [0.05, 0.1) is 22.2 Å². The number of nitrogens with one attached hydrogen (secondary N) is 2. The Kier molecular flexibility index (Phi) is 6.06. The zero-order chi connectivity index (χ0) is 18.8. The Morgan fingerprint density at radius 1 is 1.35 bits per heavy atom. The van der Waals surface area contributed by atoms with Crippen LogP contribution in [0.4, 0.5) is 5.69 Å². The normalized spacial score (nSPS) is 18.1. The molecule has 1 fully saturated rings. The molecule has 0 saturated carbocycles. The van der Waals surface area contributed by atoms with Gasteiger partial charge in [-0.05, 0) is 52.3 Å². The van der Waals surface area contributed by atoms with Gasteiger partial charge in [0.2, 0.25) is 0 Å². The molecule has 0 aliphatic carbocycles. The Bertz CT molecular complexity index is 908. The van der Waals surface area contributed by atoms with Gasteiger partial charge in [0.25, 0.3) is 5.91 Å². The predicted octanol–water partition coefficient (Wildman–Crippen LogP) is 5.18. The van der Waals surface area contributed by atoms with Crippen LogP contribution in [-0.4, -0.2) is 23.6 Å². The van der Waals surface area contributed by atoms with Crippen LogP contribution < -0.4 is 15.4 Å². The second-order valence-electron chi connectivity index (χ2n) is 5.29. The lowest BCUT2D eigenvalue weighted by molar-refractivity contribution is -0.116. The second kappa shape index (κ2) is 8.12. The van der Waals surface area contributed by atoms with Crippen molar-refractivity contribution >= 4 is 72.9 Å². The predicted molar refractivity (Wildman–Crippen MR) is 113 cm³/mol. The quantitative estimate of drug-likeness (QED) is 0.485. The van der Waals surface area contributed by atoms with Gasteiger partial charge in [-0.15, -0.1) is 0 Å². The molecule has 26 heavy (non-hydrogen) atoms. The maximum absolute atomic E-state index is 12.3. The molecular weight excluding hydrogens is 508 g/mol. The molecular formula is C17H13Br2ClN2O3S. The van der Waals surface area contributed by atoms with Crippen LogP contribution >= 0.6 is 55.2 Å². The molecule has 1 aliphatic heterocycles. The fourth-order valence-corrected chi connectivity index (χ4v) is 4.73. The number of carbonyl (C=O) groups is 1. The SMILES string of the molecule is COc1ccc(Cl)cc1NC1NC(=O)/C(=C/c2cc(Br)cc(Br)c2O)S1.